The van der Waals surface area contributed by atoms with Gasteiger partial charge in [0.25, 0.3) is 5.91 Å². The van der Waals surface area contributed by atoms with Gasteiger partial charge in [0, 0.05) is 47.2 Å². The maximum Gasteiger partial charge on any atom is 0.263 e. The fourth-order valence-corrected chi connectivity index (χ4v) is 5.36. The minimum absolute atomic E-state index is 0.0460. The Morgan fingerprint density at radius 2 is 1.12 bits per heavy atom. The van der Waals surface area contributed by atoms with E-state index in [1.165, 1.54) is 0 Å². The zero-order valence-corrected chi connectivity index (χ0v) is 32.0. The number of benzene rings is 2. The van der Waals surface area contributed by atoms with Crippen molar-refractivity contribution in [3.63, 3.8) is 0 Å². The predicted octanol–water partition coefficient (Wildman–Crippen LogP) is 10.2. The van der Waals surface area contributed by atoms with Crippen LogP contribution in [0.1, 0.15) is 88.1 Å². The lowest BCUT2D eigenvalue weighted by atomic mass is 10.0. The number of amides is 2. The molecule has 6 nitrogen and oxygen atoms in total. The molecule has 0 radical (unpaired) electrons. The molecule has 2 amide bonds. The molecule has 51 heavy (non-hydrogen) atoms. The van der Waals surface area contributed by atoms with Crippen molar-refractivity contribution >= 4 is 41.0 Å². The average molecular weight is 731 g/mol. The van der Waals surface area contributed by atoms with Crippen molar-refractivity contribution in [1.82, 2.24) is 10.6 Å². The smallest absolute Gasteiger partial charge is 0.263 e. The number of ketones is 1. The zero-order valence-electron chi connectivity index (χ0n) is 30.5. The minimum Gasteiger partial charge on any atom is -0.478 e. The summed E-state index contributed by atoms with van der Waals surface area (Å²) in [7, 11) is 0. The molecule has 0 fully saturated rings. The van der Waals surface area contributed by atoms with Crippen LogP contribution >= 0.6 is 23.4 Å². The van der Waals surface area contributed by atoms with Crippen LogP contribution in [-0.2, 0) is 9.59 Å². The summed E-state index contributed by atoms with van der Waals surface area (Å²) < 4.78 is 5.93. The molecule has 0 spiro atoms. The van der Waals surface area contributed by atoms with E-state index in [0.717, 1.165) is 56.5 Å². The molecule has 0 saturated heterocycles. The Bertz CT molecular complexity index is 1490. The molecular weight excluding hydrogens is 676 g/mol. The number of carbonyl (C=O) groups is 3. The largest absolute Gasteiger partial charge is 0.478 e. The van der Waals surface area contributed by atoms with Crippen molar-refractivity contribution in [3.8, 4) is 5.75 Å². The molecule has 2 N–H and O–H groups in total. The number of ether oxygens (including phenoxy) is 1. The van der Waals surface area contributed by atoms with Gasteiger partial charge < -0.3 is 15.4 Å². The molecule has 0 aliphatic rings. The van der Waals surface area contributed by atoms with E-state index in [2.05, 4.69) is 90.5 Å². The molecule has 0 aliphatic heterocycles. The number of thioether (sulfide) groups is 1. The van der Waals surface area contributed by atoms with E-state index in [1.807, 2.05) is 0 Å². The number of halogens is 1. The van der Waals surface area contributed by atoms with Crippen LogP contribution in [0.15, 0.2) is 121 Å². The highest BCUT2D eigenvalue weighted by atomic mass is 35.5. The van der Waals surface area contributed by atoms with E-state index in [1.54, 1.807) is 74.1 Å². The molecule has 2 aromatic rings. The van der Waals surface area contributed by atoms with Gasteiger partial charge in [0.2, 0.25) is 5.91 Å². The van der Waals surface area contributed by atoms with Gasteiger partial charge in [-0.2, -0.15) is 11.8 Å². The highest BCUT2D eigenvalue weighted by Gasteiger charge is 2.29. The summed E-state index contributed by atoms with van der Waals surface area (Å²) in [4.78, 5) is 37.6. The Kier molecular flexibility index (Phi) is 22.6. The van der Waals surface area contributed by atoms with Gasteiger partial charge >= 0.3 is 0 Å². The van der Waals surface area contributed by atoms with Gasteiger partial charge in [-0.3, -0.25) is 14.4 Å². The Balaban J connectivity index is 1.47. The van der Waals surface area contributed by atoms with Crippen LogP contribution in [0, 0.1) is 0 Å². The summed E-state index contributed by atoms with van der Waals surface area (Å²) in [6.07, 6.45) is 33.1. The molecule has 0 heterocycles. The molecule has 0 saturated carbocycles. The molecule has 8 heteroatoms. The first-order valence-electron chi connectivity index (χ1n) is 17.8. The first-order chi connectivity index (χ1) is 24.7. The molecule has 0 atom stereocenters. The van der Waals surface area contributed by atoms with Crippen molar-refractivity contribution in [1.29, 1.82) is 0 Å². The summed E-state index contributed by atoms with van der Waals surface area (Å²) in [5.41, 5.74) is -0.0289. The van der Waals surface area contributed by atoms with E-state index in [0.29, 0.717) is 41.4 Å². The quantitative estimate of drug-likeness (QED) is 0.0604. The molecule has 2 aromatic carbocycles. The standard InChI is InChI=1S/C43H55ClN2O4S/c1-4-5-6-7-8-9-10-11-12-13-14-15-16-17-18-19-20-21-22-23-40(47)45-32-34-51-35-33-46-42(49)43(2,3)50-39-30-26-37(27-31-39)41(48)36-24-28-38(44)29-25-36/h5-6,8-9,11-12,14-15,17-18,20-21,24-31H,4,7,10,13,16,19,22-23,32-35H2,1-3H3,(H,45,47)(H,46,49). The van der Waals surface area contributed by atoms with Crippen molar-refractivity contribution in [3.05, 3.63) is 138 Å². The fourth-order valence-electron chi connectivity index (χ4n) is 4.54. The Morgan fingerprint density at radius 3 is 1.63 bits per heavy atom. The van der Waals surface area contributed by atoms with E-state index in [9.17, 15) is 14.4 Å². The molecule has 0 aliphatic carbocycles. The van der Waals surface area contributed by atoms with Gasteiger partial charge in [-0.15, -0.1) is 0 Å². The van der Waals surface area contributed by atoms with E-state index >= 15 is 0 Å². The lowest BCUT2D eigenvalue weighted by Crippen LogP contribution is -2.47. The third kappa shape index (κ3) is 20.4. The van der Waals surface area contributed by atoms with Crippen molar-refractivity contribution in [2.24, 2.45) is 0 Å². The van der Waals surface area contributed by atoms with E-state index < -0.39 is 5.60 Å². The second-order valence-electron chi connectivity index (χ2n) is 12.1. The lowest BCUT2D eigenvalue weighted by molar-refractivity contribution is -0.134. The number of allylic oxidation sites excluding steroid dienone is 12. The molecule has 0 unspecified atom stereocenters. The molecule has 0 aromatic heterocycles. The van der Waals surface area contributed by atoms with Crippen LogP contribution in [0.3, 0.4) is 0 Å². The third-order valence-corrected chi connectivity index (χ3v) is 8.62. The van der Waals surface area contributed by atoms with E-state index in [-0.39, 0.29) is 17.6 Å². The Hall–Kier alpha value is -4.07. The average Bonchev–Trinajstić information content (AvgIpc) is 3.12. The highest BCUT2D eigenvalue weighted by Crippen LogP contribution is 2.21. The topological polar surface area (TPSA) is 84.5 Å². The van der Waals surface area contributed by atoms with Crippen molar-refractivity contribution in [2.45, 2.75) is 77.7 Å². The minimum atomic E-state index is -1.09. The van der Waals surface area contributed by atoms with Gasteiger partial charge in [-0.05, 0) is 107 Å². The number of nitrogens with one attached hydrogen (secondary N) is 2. The summed E-state index contributed by atoms with van der Waals surface area (Å²) in [6, 6.07) is 13.5. The second-order valence-corrected chi connectivity index (χ2v) is 13.8. The van der Waals surface area contributed by atoms with Crippen LogP contribution in [-0.4, -0.2) is 47.8 Å². The molecule has 274 valence electrons. The Labute approximate surface area is 315 Å². The van der Waals surface area contributed by atoms with Crippen LogP contribution in [0.2, 0.25) is 5.02 Å². The van der Waals surface area contributed by atoms with Crippen LogP contribution in [0.25, 0.3) is 0 Å². The summed E-state index contributed by atoms with van der Waals surface area (Å²) in [5, 5.41) is 6.44. The SMILES string of the molecule is CCC=CCC=CCC=CCC=CCC=CCC=CCCC(=O)NCCSCCNC(=O)C(C)(C)Oc1ccc(C(=O)c2ccc(Cl)cc2)cc1. The van der Waals surface area contributed by atoms with Gasteiger partial charge in [0.15, 0.2) is 11.4 Å². The van der Waals surface area contributed by atoms with Crippen molar-refractivity contribution < 1.29 is 19.1 Å². The normalized spacial score (nSPS) is 12.3. The van der Waals surface area contributed by atoms with Crippen LogP contribution < -0.4 is 15.4 Å². The monoisotopic (exact) mass is 730 g/mol. The van der Waals surface area contributed by atoms with E-state index in [4.69, 9.17) is 16.3 Å². The van der Waals surface area contributed by atoms with Gasteiger partial charge in [-0.25, -0.2) is 0 Å². The number of hydrogen-bond donors (Lipinski definition) is 2. The highest BCUT2D eigenvalue weighted by molar-refractivity contribution is 7.99. The first kappa shape index (κ1) is 43.1. The fraction of sp³-hybridized carbons (Fsp3) is 0.372. The first-order valence-corrected chi connectivity index (χ1v) is 19.4. The van der Waals surface area contributed by atoms with Crippen LogP contribution in [0.4, 0.5) is 0 Å². The Morgan fingerprint density at radius 1 is 0.667 bits per heavy atom. The zero-order chi connectivity index (χ0) is 37.0. The predicted molar refractivity (Wildman–Crippen MR) is 217 cm³/mol. The summed E-state index contributed by atoms with van der Waals surface area (Å²) in [5.74, 6) is 1.68. The lowest BCUT2D eigenvalue weighted by Gasteiger charge is -2.25. The number of carbonyl (C=O) groups excluding carboxylic acids is 3. The number of rotatable bonds is 25. The van der Waals surface area contributed by atoms with Crippen molar-refractivity contribution in [2.75, 3.05) is 24.6 Å². The van der Waals surface area contributed by atoms with Gasteiger partial charge in [-0.1, -0.05) is 91.4 Å². The molecular formula is C43H55ClN2O4S. The van der Waals surface area contributed by atoms with Gasteiger partial charge in [0.05, 0.1) is 0 Å². The van der Waals surface area contributed by atoms with Gasteiger partial charge in [0.1, 0.15) is 5.75 Å². The molecule has 2 rings (SSSR count). The second kappa shape index (κ2) is 26.7. The number of hydrogen-bond acceptors (Lipinski definition) is 5. The van der Waals surface area contributed by atoms with Crippen LogP contribution in [0.5, 0.6) is 5.75 Å². The summed E-state index contributed by atoms with van der Waals surface area (Å²) in [6.45, 7) is 6.64. The summed E-state index contributed by atoms with van der Waals surface area (Å²) >= 11 is 7.58. The maximum absolute atomic E-state index is 12.8. The third-order valence-electron chi connectivity index (χ3n) is 7.38. The maximum atomic E-state index is 12.8. The molecule has 0 bridgehead atoms.